The number of hydrogen-bond donors (Lipinski definition) is 1. The van der Waals surface area contributed by atoms with E-state index >= 15 is 0 Å². The van der Waals surface area contributed by atoms with Crippen LogP contribution in [0.15, 0.2) is 78.9 Å². The zero-order chi connectivity index (χ0) is 33.0. The first kappa shape index (κ1) is 34.6. The molecule has 9 heteroatoms. The third kappa shape index (κ3) is 10.1. The van der Waals surface area contributed by atoms with Crippen molar-refractivity contribution < 1.29 is 28.5 Å². The molecule has 1 N–H and O–H groups in total. The highest BCUT2D eigenvalue weighted by Crippen LogP contribution is 2.39. The Bertz CT molecular complexity index is 1400. The molecule has 5 rings (SSSR count). The third-order valence-electron chi connectivity index (χ3n) is 9.42. The maximum Gasteiger partial charge on any atom is 0.411 e. The minimum Gasteiger partial charge on any atom is -0.446 e. The molecule has 3 aromatic rings. The van der Waals surface area contributed by atoms with Gasteiger partial charge in [-0.05, 0) is 60.3 Å². The predicted molar refractivity (Wildman–Crippen MR) is 183 cm³/mol. The zero-order valence-electron chi connectivity index (χ0n) is 27.9. The van der Waals surface area contributed by atoms with Gasteiger partial charge in [0.2, 0.25) is 5.91 Å². The number of ether oxygens (including phenoxy) is 4. The van der Waals surface area contributed by atoms with Crippen molar-refractivity contribution in [1.29, 1.82) is 0 Å². The van der Waals surface area contributed by atoms with Crippen LogP contribution in [-0.4, -0.2) is 94.9 Å². The molecule has 2 aliphatic rings. The molecule has 1 aliphatic carbocycles. The predicted octanol–water partition coefficient (Wildman–Crippen LogP) is 5.88. The average molecular weight is 644 g/mol. The summed E-state index contributed by atoms with van der Waals surface area (Å²) in [5.41, 5.74) is 5.37. The Kier molecular flexibility index (Phi) is 12.8. The van der Waals surface area contributed by atoms with Crippen LogP contribution in [0, 0.1) is 11.8 Å². The van der Waals surface area contributed by atoms with Crippen LogP contribution in [0.3, 0.4) is 0 Å². The first-order chi connectivity index (χ1) is 22.9. The molecule has 0 radical (unpaired) electrons. The lowest BCUT2D eigenvalue weighted by Crippen LogP contribution is -2.36. The number of carbonyl (C=O) groups excluding carboxylic acids is 2. The number of amides is 2. The van der Waals surface area contributed by atoms with Crippen LogP contribution >= 0.6 is 0 Å². The number of likely N-dealkylation sites (tertiary alicyclic amines) is 1. The lowest BCUT2D eigenvalue weighted by atomic mass is 10.0. The largest absolute Gasteiger partial charge is 0.446 e. The fraction of sp³-hybridized carbons (Fsp3) is 0.474. The number of carbonyl (C=O) groups is 2. The minimum atomic E-state index is -0.423. The second-order valence-electron chi connectivity index (χ2n) is 12.7. The van der Waals surface area contributed by atoms with Gasteiger partial charge >= 0.3 is 6.09 Å². The van der Waals surface area contributed by atoms with Crippen LogP contribution in [0.25, 0.3) is 11.1 Å². The number of hydrogen-bond acceptors (Lipinski definition) is 7. The lowest BCUT2D eigenvalue weighted by molar-refractivity contribution is -0.143. The molecule has 47 heavy (non-hydrogen) atoms. The highest BCUT2D eigenvalue weighted by molar-refractivity contribution is 5.91. The maximum atomic E-state index is 12.8. The average Bonchev–Trinajstić information content (AvgIpc) is 3.65. The van der Waals surface area contributed by atoms with Gasteiger partial charge in [-0.3, -0.25) is 10.1 Å². The van der Waals surface area contributed by atoms with E-state index in [-0.39, 0.29) is 18.1 Å². The lowest BCUT2D eigenvalue weighted by Gasteiger charge is -2.22. The summed E-state index contributed by atoms with van der Waals surface area (Å²) < 4.78 is 21.9. The number of anilines is 1. The fourth-order valence-electron chi connectivity index (χ4n) is 6.75. The second kappa shape index (κ2) is 17.4. The smallest absolute Gasteiger partial charge is 0.411 e. The van der Waals surface area contributed by atoms with E-state index in [1.807, 2.05) is 54.6 Å². The SMILES string of the molecule is COC(CN(C)C(=O)CCOCCc1ccc(CCN2CC3CC(OC(=O)Nc4ccccc4-c4ccccc4)CC3C2)cc1)OC. The van der Waals surface area contributed by atoms with Crippen molar-refractivity contribution in [2.24, 2.45) is 11.8 Å². The quantitative estimate of drug-likeness (QED) is 0.154. The number of methoxy groups -OCH3 is 2. The fourth-order valence-corrected chi connectivity index (χ4v) is 6.75. The van der Waals surface area contributed by atoms with Gasteiger partial charge in [-0.15, -0.1) is 0 Å². The van der Waals surface area contributed by atoms with Crippen molar-refractivity contribution >= 4 is 17.7 Å². The molecule has 2 amide bonds. The van der Waals surface area contributed by atoms with Crippen molar-refractivity contribution in [3.8, 4) is 11.1 Å². The van der Waals surface area contributed by atoms with Crippen molar-refractivity contribution in [2.45, 2.75) is 44.5 Å². The van der Waals surface area contributed by atoms with Crippen LogP contribution in [0.2, 0.25) is 0 Å². The molecular weight excluding hydrogens is 594 g/mol. The number of nitrogens with one attached hydrogen (secondary N) is 1. The Hall–Kier alpha value is -3.76. The standard InChI is InChI=1S/C38H49N3O6/c1-40(27-37(44-2)45-3)36(42)19-22-46-21-18-29-15-13-28(14-16-29)17-20-41-25-31-23-33(24-32(31)26-41)47-38(43)39-35-12-8-7-11-34(35)30-9-5-4-6-10-30/h4-16,31-33,37H,17-27H2,1-3H3,(H,39,43). The normalized spacial score (nSPS) is 19.1. The van der Waals surface area contributed by atoms with Gasteiger partial charge < -0.3 is 28.7 Å². The number of rotatable bonds is 16. The van der Waals surface area contributed by atoms with E-state index in [1.54, 1.807) is 26.2 Å². The molecule has 0 bridgehead atoms. The topological polar surface area (TPSA) is 89.6 Å². The summed E-state index contributed by atoms with van der Waals surface area (Å²) in [7, 11) is 4.86. The van der Waals surface area contributed by atoms with Gasteiger partial charge in [0, 0.05) is 46.5 Å². The van der Waals surface area contributed by atoms with E-state index in [1.165, 1.54) is 11.1 Å². The summed E-state index contributed by atoms with van der Waals surface area (Å²) in [5.74, 6) is 1.16. The van der Waals surface area contributed by atoms with Gasteiger partial charge in [-0.1, -0.05) is 72.8 Å². The molecule has 3 aromatic carbocycles. The van der Waals surface area contributed by atoms with E-state index < -0.39 is 6.29 Å². The summed E-state index contributed by atoms with van der Waals surface area (Å²) in [6.07, 6.45) is 3.20. The van der Waals surface area contributed by atoms with Crippen LogP contribution in [0.4, 0.5) is 10.5 Å². The van der Waals surface area contributed by atoms with Crippen molar-refractivity contribution in [2.75, 3.05) is 66.0 Å². The van der Waals surface area contributed by atoms with Gasteiger partial charge in [0.05, 0.1) is 31.9 Å². The van der Waals surface area contributed by atoms with Gasteiger partial charge in [0.25, 0.3) is 0 Å². The molecule has 9 nitrogen and oxygen atoms in total. The Morgan fingerprint density at radius 2 is 1.49 bits per heavy atom. The van der Waals surface area contributed by atoms with E-state index in [4.69, 9.17) is 18.9 Å². The van der Waals surface area contributed by atoms with Gasteiger partial charge in [0.15, 0.2) is 6.29 Å². The minimum absolute atomic E-state index is 0.00674. The van der Waals surface area contributed by atoms with Crippen LogP contribution in [0.1, 0.15) is 30.4 Å². The Morgan fingerprint density at radius 1 is 0.851 bits per heavy atom. The first-order valence-electron chi connectivity index (χ1n) is 16.7. The monoisotopic (exact) mass is 643 g/mol. The van der Waals surface area contributed by atoms with E-state index in [2.05, 4.69) is 34.5 Å². The van der Waals surface area contributed by atoms with Crippen LogP contribution in [-0.2, 0) is 36.6 Å². The summed E-state index contributed by atoms with van der Waals surface area (Å²) in [6.45, 7) is 4.53. The molecule has 0 aromatic heterocycles. The second-order valence-corrected chi connectivity index (χ2v) is 12.7. The van der Waals surface area contributed by atoms with Crippen molar-refractivity contribution in [1.82, 2.24) is 9.80 Å². The van der Waals surface area contributed by atoms with Crippen molar-refractivity contribution in [3.05, 3.63) is 90.0 Å². The van der Waals surface area contributed by atoms with Crippen LogP contribution in [0.5, 0.6) is 0 Å². The summed E-state index contributed by atoms with van der Waals surface area (Å²) in [4.78, 5) is 29.3. The molecule has 2 atom stereocenters. The van der Waals surface area contributed by atoms with Gasteiger partial charge in [-0.2, -0.15) is 0 Å². The Labute approximate surface area is 279 Å². The van der Waals surface area contributed by atoms with E-state index in [9.17, 15) is 9.59 Å². The summed E-state index contributed by atoms with van der Waals surface area (Å²) in [6, 6.07) is 26.7. The number of likely N-dealkylation sites (N-methyl/N-ethyl adjacent to an activating group) is 1. The maximum absolute atomic E-state index is 12.8. The Morgan fingerprint density at radius 3 is 2.17 bits per heavy atom. The molecule has 2 fully saturated rings. The molecule has 1 aliphatic heterocycles. The molecule has 1 saturated heterocycles. The van der Waals surface area contributed by atoms with E-state index in [0.717, 1.165) is 62.1 Å². The summed E-state index contributed by atoms with van der Waals surface area (Å²) in [5, 5.41) is 2.99. The summed E-state index contributed by atoms with van der Waals surface area (Å²) >= 11 is 0. The molecule has 2 unspecified atom stereocenters. The Balaban J connectivity index is 0.957. The first-order valence-corrected chi connectivity index (χ1v) is 16.7. The molecule has 0 spiro atoms. The number of para-hydroxylation sites is 1. The third-order valence-corrected chi connectivity index (χ3v) is 9.42. The molecule has 1 heterocycles. The van der Waals surface area contributed by atoms with Gasteiger partial charge in [0.1, 0.15) is 6.10 Å². The van der Waals surface area contributed by atoms with E-state index in [0.29, 0.717) is 38.0 Å². The number of nitrogens with zero attached hydrogens (tertiary/aromatic N) is 2. The highest BCUT2D eigenvalue weighted by atomic mass is 16.7. The molecular formula is C38H49N3O6. The van der Waals surface area contributed by atoms with Crippen molar-refractivity contribution in [3.63, 3.8) is 0 Å². The number of benzene rings is 3. The zero-order valence-corrected chi connectivity index (χ0v) is 27.9. The highest BCUT2D eigenvalue weighted by Gasteiger charge is 2.42. The van der Waals surface area contributed by atoms with Crippen LogP contribution < -0.4 is 5.32 Å². The number of fused-ring (bicyclic) bond motifs is 1. The molecule has 252 valence electrons. The molecule has 1 saturated carbocycles. The van der Waals surface area contributed by atoms with Gasteiger partial charge in [-0.25, -0.2) is 4.79 Å².